The van der Waals surface area contributed by atoms with Crippen molar-refractivity contribution in [1.82, 2.24) is 15.0 Å². The summed E-state index contributed by atoms with van der Waals surface area (Å²) in [6.45, 7) is 3.22. The van der Waals surface area contributed by atoms with Crippen molar-refractivity contribution in [2.75, 3.05) is 0 Å². The van der Waals surface area contributed by atoms with Crippen LogP contribution in [0.15, 0.2) is 138 Å². The van der Waals surface area contributed by atoms with Gasteiger partial charge >= 0.3 is 20.1 Å². The summed E-state index contributed by atoms with van der Waals surface area (Å²) in [6, 6.07) is 42.5. The molecule has 0 unspecified atom stereocenters. The van der Waals surface area contributed by atoms with E-state index in [9.17, 15) is 21.7 Å². The van der Waals surface area contributed by atoms with Crippen LogP contribution in [0.25, 0.3) is 55.7 Å². The summed E-state index contributed by atoms with van der Waals surface area (Å²) in [5.74, 6) is -0.227. The van der Waals surface area contributed by atoms with Gasteiger partial charge in [-0.05, 0) is 139 Å². The maximum Gasteiger partial charge on any atom is 3.00 e. The first-order chi connectivity index (χ1) is 36.5. The van der Waals surface area contributed by atoms with Crippen LogP contribution in [0.4, 0.5) is 0 Å². The second-order valence-electron chi connectivity index (χ2n) is 16.4. The van der Waals surface area contributed by atoms with E-state index in [-0.39, 0.29) is 42.7 Å². The molecule has 1 saturated carbocycles. The molecule has 0 radical (unpaired) electrons. The van der Waals surface area contributed by atoms with Crippen LogP contribution in [-0.4, -0.2) is 15.0 Å². The predicted molar refractivity (Wildman–Crippen MR) is 261 cm³/mol. The molecule has 0 N–H and O–H groups in total. The topological polar surface area (TPSA) is 75.6 Å². The van der Waals surface area contributed by atoms with Crippen molar-refractivity contribution < 1.29 is 41.0 Å². The maximum atomic E-state index is 9.93. The molecular weight excluding hydrogens is 985 g/mol. The molecule has 0 aliphatic heterocycles. The monoisotopic (exact) mass is 1050 g/mol. The third-order valence-electron chi connectivity index (χ3n) is 11.9. The van der Waals surface area contributed by atoms with Gasteiger partial charge in [0.2, 0.25) is 0 Å². The quantitative estimate of drug-likeness (QED) is 0.108. The number of rotatable bonds is 13. The van der Waals surface area contributed by atoms with Crippen molar-refractivity contribution in [3.8, 4) is 39.8 Å². The third kappa shape index (κ3) is 9.85. The number of hydrogen-bond acceptors (Lipinski definition) is 5. The first-order valence-corrected chi connectivity index (χ1v) is 21.8. The number of hydrogen-bond donors (Lipinski definition) is 0. The van der Waals surface area contributed by atoms with E-state index in [1.54, 1.807) is 98.8 Å². The molecule has 0 spiro atoms. The van der Waals surface area contributed by atoms with E-state index in [4.69, 9.17) is 9.40 Å². The first-order valence-electron chi connectivity index (χ1n) is 27.8. The van der Waals surface area contributed by atoms with Crippen molar-refractivity contribution in [2.24, 2.45) is 0 Å². The van der Waals surface area contributed by atoms with Crippen LogP contribution >= 0.6 is 0 Å². The maximum absolute atomic E-state index is 9.93. The normalized spacial score (nSPS) is 16.9. The molecule has 326 valence electrons. The summed E-state index contributed by atoms with van der Waals surface area (Å²) in [7, 11) is 0. The molecule has 5 aromatic carbocycles. The van der Waals surface area contributed by atoms with Gasteiger partial charge in [-0.1, -0.05) is 83.8 Å². The van der Waals surface area contributed by atoms with E-state index >= 15 is 0 Å². The van der Waals surface area contributed by atoms with E-state index < -0.39 is 54.9 Å². The smallest absolute Gasteiger partial charge is 0.501 e. The number of furan rings is 1. The number of fused-ring (bicyclic) bond motifs is 3. The fraction of sp³-hybridized carbons (Fsp3) is 0.233. The van der Waals surface area contributed by atoms with Crippen LogP contribution in [0.1, 0.15) is 110 Å². The standard InChI is InChI=1S/C60H51N4O.Ir/c1-40-29-56(47-15-8-4-9-16-47)62-37-49(40)25-21-42-31-43(22-26-50-38-63-57(30-41(50)2)48-17-10-5-11-18-48)33-44(32-42)23-27-51-39-64-58(35-55(51)46-13-6-3-7-14-46)54-20-12-19-53-52-28-24-45(36-61)34-59(52)65-60(53)54;/h4-5,8-12,15,17,19,24,28-35,37-39,46H,3,6-7,13-14,21-23,25-27H2,1-2H3;/q-3;+3/i21D2,22D2,23D2,25D2,26D2,27D2;. The van der Waals surface area contributed by atoms with Crippen LogP contribution in [0.5, 0.6) is 0 Å². The number of nitrogens with zero attached hydrogens (tertiary/aromatic N) is 4. The number of benzene rings is 5. The number of nitriles is 1. The first kappa shape index (κ1) is 32.2. The van der Waals surface area contributed by atoms with E-state index in [2.05, 4.69) is 34.2 Å². The van der Waals surface area contributed by atoms with Gasteiger partial charge in [0.15, 0.2) is 0 Å². The summed E-state index contributed by atoms with van der Waals surface area (Å²) in [5, 5.41) is 11.1. The summed E-state index contributed by atoms with van der Waals surface area (Å²) < 4.78 is 123. The molecule has 9 aromatic rings. The second kappa shape index (κ2) is 20.3. The number of pyridine rings is 3. The second-order valence-corrected chi connectivity index (χ2v) is 16.4. The molecule has 5 nitrogen and oxygen atoms in total. The van der Waals surface area contributed by atoms with Gasteiger partial charge in [-0.25, -0.2) is 0 Å². The minimum atomic E-state index is -3.14. The SMILES string of the molecule is [2H]C([2H])(c1cc(C([2H])([2H])C([2H])([2H])c2cnc(-c3[c-]cccc3)cc2C)cc(C([2H])([2H])C([2H])([2H])c2cnc(-c3[c-]ccc4c3oc3cc(C#N)ccc34)cc2C2CCCCC2)c1)C([2H])([2H])c1cnc(-c2[c-]cccc2)cc1C.[Ir+3]. The molecular formula is C60H51IrN4O. The largest absolute Gasteiger partial charge is 3.00 e. The van der Waals surface area contributed by atoms with Crippen LogP contribution in [-0.2, 0) is 58.3 Å². The fourth-order valence-electron chi connectivity index (χ4n) is 8.50. The minimum Gasteiger partial charge on any atom is -0.501 e. The zero-order valence-electron chi connectivity index (χ0n) is 48.3. The molecule has 1 aliphatic rings. The molecule has 0 amide bonds. The van der Waals surface area contributed by atoms with Crippen LogP contribution < -0.4 is 0 Å². The summed E-state index contributed by atoms with van der Waals surface area (Å²) >= 11 is 0. The summed E-state index contributed by atoms with van der Waals surface area (Å²) in [4.78, 5) is 13.7. The molecule has 0 atom stereocenters. The van der Waals surface area contributed by atoms with Gasteiger partial charge in [-0.2, -0.15) is 5.26 Å². The van der Waals surface area contributed by atoms with Gasteiger partial charge < -0.3 is 19.4 Å². The van der Waals surface area contributed by atoms with Crippen LogP contribution in [0.2, 0.25) is 0 Å². The van der Waals surface area contributed by atoms with Gasteiger partial charge in [0.05, 0.1) is 17.2 Å². The molecule has 6 heteroatoms. The van der Waals surface area contributed by atoms with Crippen molar-refractivity contribution in [3.05, 3.63) is 208 Å². The Hall–Kier alpha value is -6.51. The van der Waals surface area contributed by atoms with Gasteiger partial charge in [0.25, 0.3) is 0 Å². The molecule has 10 rings (SSSR count). The van der Waals surface area contributed by atoms with Crippen molar-refractivity contribution in [1.29, 1.82) is 5.26 Å². The van der Waals surface area contributed by atoms with Crippen molar-refractivity contribution >= 4 is 21.9 Å². The Morgan fingerprint density at radius 3 is 1.74 bits per heavy atom. The molecule has 4 heterocycles. The van der Waals surface area contributed by atoms with Gasteiger partial charge in [0, 0.05) is 40.4 Å². The molecule has 0 saturated heterocycles. The predicted octanol–water partition coefficient (Wildman–Crippen LogP) is 14.1. The zero-order chi connectivity index (χ0) is 54.9. The molecule has 1 fully saturated rings. The van der Waals surface area contributed by atoms with Gasteiger partial charge in [0.1, 0.15) is 5.58 Å². The Balaban J connectivity index is 0.00000740. The summed E-state index contributed by atoms with van der Waals surface area (Å²) in [5.41, 5.74) is 3.53. The van der Waals surface area contributed by atoms with E-state index in [1.165, 1.54) is 18.6 Å². The van der Waals surface area contributed by atoms with Crippen molar-refractivity contribution in [2.45, 2.75) is 90.1 Å². The molecule has 4 aromatic heterocycles. The van der Waals surface area contributed by atoms with E-state index in [0.29, 0.717) is 80.0 Å². The average molecular weight is 1050 g/mol. The number of aromatic nitrogens is 3. The Morgan fingerprint density at radius 2 is 1.18 bits per heavy atom. The number of aryl methyl sites for hydroxylation is 8. The van der Waals surface area contributed by atoms with E-state index in [1.807, 2.05) is 12.1 Å². The van der Waals surface area contributed by atoms with Gasteiger partial charge in [-0.3, -0.25) is 0 Å². The molecule has 66 heavy (non-hydrogen) atoms. The Bertz CT molecular complexity index is 3630. The Kier molecular flexibility index (Phi) is 9.93. The molecule has 0 bridgehead atoms. The molecule has 1 aliphatic carbocycles. The Labute approximate surface area is 419 Å². The van der Waals surface area contributed by atoms with Crippen LogP contribution in [0.3, 0.4) is 0 Å². The van der Waals surface area contributed by atoms with Crippen LogP contribution in [0, 0.1) is 43.4 Å². The van der Waals surface area contributed by atoms with Crippen molar-refractivity contribution in [3.63, 3.8) is 0 Å². The summed E-state index contributed by atoms with van der Waals surface area (Å²) in [6.07, 6.45) is -10.5. The zero-order valence-corrected chi connectivity index (χ0v) is 38.7. The fourth-order valence-corrected chi connectivity index (χ4v) is 8.50. The van der Waals surface area contributed by atoms with Gasteiger partial charge in [-0.15, -0.1) is 90.0 Å². The average Bonchev–Trinajstić information content (AvgIpc) is 3.89. The third-order valence-corrected chi connectivity index (χ3v) is 11.9. The Morgan fingerprint density at radius 1 is 0.606 bits per heavy atom. The van der Waals surface area contributed by atoms with E-state index in [0.717, 1.165) is 48.2 Å². The minimum absolute atomic E-state index is 0.